The lowest BCUT2D eigenvalue weighted by molar-refractivity contribution is -0.119. The second-order valence-electron chi connectivity index (χ2n) is 5.38. The molecule has 0 radical (unpaired) electrons. The van der Waals surface area contributed by atoms with Crippen molar-refractivity contribution in [2.75, 3.05) is 23.3 Å². The molecule has 1 aromatic carbocycles. The van der Waals surface area contributed by atoms with Gasteiger partial charge in [-0.25, -0.2) is 0 Å². The van der Waals surface area contributed by atoms with Crippen LogP contribution in [-0.2, 0) is 4.79 Å². The van der Waals surface area contributed by atoms with Gasteiger partial charge < -0.3 is 16.0 Å². The lowest BCUT2D eigenvalue weighted by Gasteiger charge is -2.19. The van der Waals surface area contributed by atoms with Crippen molar-refractivity contribution < 1.29 is 4.79 Å². The number of amides is 1. The Labute approximate surface area is 115 Å². The Bertz CT molecular complexity index is 439. The highest BCUT2D eigenvalue weighted by Crippen LogP contribution is 2.23. The molecule has 3 N–H and O–H groups in total. The number of hydrogen-bond acceptors (Lipinski definition) is 3. The molecule has 0 aromatic heterocycles. The van der Waals surface area contributed by atoms with Gasteiger partial charge >= 0.3 is 0 Å². The smallest absolute Gasteiger partial charge is 0.228 e. The second kappa shape index (κ2) is 6.06. The highest BCUT2D eigenvalue weighted by molar-refractivity contribution is 5.93. The average Bonchev–Trinajstić information content (AvgIpc) is 2.91. The molecular formula is C15H23N3O. The van der Waals surface area contributed by atoms with Gasteiger partial charge in [0.1, 0.15) is 0 Å². The summed E-state index contributed by atoms with van der Waals surface area (Å²) in [4.78, 5) is 14.3. The van der Waals surface area contributed by atoms with Gasteiger partial charge in [-0.05, 0) is 38.0 Å². The van der Waals surface area contributed by atoms with Crippen LogP contribution in [0.3, 0.4) is 0 Å². The van der Waals surface area contributed by atoms with Crippen LogP contribution >= 0.6 is 0 Å². The number of rotatable bonds is 4. The molecular weight excluding hydrogens is 238 g/mol. The third kappa shape index (κ3) is 3.47. The van der Waals surface area contributed by atoms with Crippen LogP contribution in [0.4, 0.5) is 11.4 Å². The Morgan fingerprint density at radius 3 is 2.63 bits per heavy atom. The summed E-state index contributed by atoms with van der Waals surface area (Å²) in [7, 11) is 0. The highest BCUT2D eigenvalue weighted by Gasteiger charge is 2.18. The van der Waals surface area contributed by atoms with Crippen molar-refractivity contribution in [3.8, 4) is 0 Å². The molecule has 4 nitrogen and oxygen atoms in total. The second-order valence-corrected chi connectivity index (χ2v) is 5.38. The van der Waals surface area contributed by atoms with Gasteiger partial charge in [-0.3, -0.25) is 4.79 Å². The zero-order valence-electron chi connectivity index (χ0n) is 11.7. The maximum atomic E-state index is 12.0. The van der Waals surface area contributed by atoms with E-state index in [1.165, 1.54) is 18.5 Å². The summed E-state index contributed by atoms with van der Waals surface area (Å²) in [5, 5.41) is 2.94. The van der Waals surface area contributed by atoms with E-state index in [9.17, 15) is 4.79 Å². The van der Waals surface area contributed by atoms with Crippen LogP contribution in [0.15, 0.2) is 24.3 Å². The molecule has 4 heteroatoms. The largest absolute Gasteiger partial charge is 0.371 e. The molecule has 1 aliphatic heterocycles. The van der Waals surface area contributed by atoms with E-state index in [2.05, 4.69) is 16.3 Å². The zero-order chi connectivity index (χ0) is 13.8. The first kappa shape index (κ1) is 13.9. The molecule has 104 valence electrons. The summed E-state index contributed by atoms with van der Waals surface area (Å²) in [5.41, 5.74) is 7.78. The molecule has 1 fully saturated rings. The average molecular weight is 261 g/mol. The third-order valence-corrected chi connectivity index (χ3v) is 3.79. The number of hydrogen-bond donors (Lipinski definition) is 2. The van der Waals surface area contributed by atoms with E-state index in [0.717, 1.165) is 18.8 Å². The summed E-state index contributed by atoms with van der Waals surface area (Å²) >= 11 is 0. The fourth-order valence-electron chi connectivity index (χ4n) is 2.25. The fraction of sp³-hybridized carbons (Fsp3) is 0.533. The molecule has 1 saturated heterocycles. The van der Waals surface area contributed by atoms with Crippen molar-refractivity contribution in [1.82, 2.24) is 0 Å². The molecule has 2 unspecified atom stereocenters. The van der Waals surface area contributed by atoms with Crippen LogP contribution in [0.2, 0.25) is 0 Å². The molecule has 19 heavy (non-hydrogen) atoms. The molecule has 1 heterocycles. The van der Waals surface area contributed by atoms with Gasteiger partial charge in [0.25, 0.3) is 0 Å². The van der Waals surface area contributed by atoms with Gasteiger partial charge in [-0.1, -0.05) is 13.0 Å². The Morgan fingerprint density at radius 1 is 1.32 bits per heavy atom. The lowest BCUT2D eigenvalue weighted by Crippen LogP contribution is -2.34. The number of carbonyl (C=O) groups is 1. The predicted octanol–water partition coefficient (Wildman–Crippen LogP) is 2.21. The first-order chi connectivity index (χ1) is 9.08. The van der Waals surface area contributed by atoms with E-state index < -0.39 is 0 Å². The van der Waals surface area contributed by atoms with E-state index in [1.54, 1.807) is 0 Å². The predicted molar refractivity (Wildman–Crippen MR) is 79.3 cm³/mol. The molecule has 1 aliphatic rings. The maximum Gasteiger partial charge on any atom is 0.228 e. The van der Waals surface area contributed by atoms with Crippen LogP contribution in [0.5, 0.6) is 0 Å². The Hall–Kier alpha value is -1.55. The number of nitrogens with two attached hydrogens (primary N) is 1. The summed E-state index contributed by atoms with van der Waals surface area (Å²) in [6.07, 6.45) is 2.50. The van der Waals surface area contributed by atoms with Crippen LogP contribution in [0.25, 0.3) is 0 Å². The van der Waals surface area contributed by atoms with E-state index in [4.69, 9.17) is 5.73 Å². The highest BCUT2D eigenvalue weighted by atomic mass is 16.1. The minimum absolute atomic E-state index is 0.0198. The Kier molecular flexibility index (Phi) is 4.43. The third-order valence-electron chi connectivity index (χ3n) is 3.79. The van der Waals surface area contributed by atoms with Gasteiger partial charge in [-0.2, -0.15) is 0 Å². The molecule has 1 amide bonds. The van der Waals surface area contributed by atoms with Gasteiger partial charge in [-0.15, -0.1) is 0 Å². The topological polar surface area (TPSA) is 58.4 Å². The summed E-state index contributed by atoms with van der Waals surface area (Å²) in [5.74, 6) is -0.205. The van der Waals surface area contributed by atoms with Crippen LogP contribution < -0.4 is 16.0 Å². The minimum Gasteiger partial charge on any atom is -0.371 e. The normalized spacial score (nSPS) is 18.2. The van der Waals surface area contributed by atoms with Crippen molar-refractivity contribution in [3.63, 3.8) is 0 Å². The minimum atomic E-state index is -0.185. The molecule has 0 saturated carbocycles. The van der Waals surface area contributed by atoms with Crippen LogP contribution in [0.1, 0.15) is 26.7 Å². The number of nitrogens with one attached hydrogen (secondary N) is 1. The SMILES string of the molecule is CC(N)C(C)C(=O)Nc1cccc(N2CCCC2)c1. The van der Waals surface area contributed by atoms with Crippen LogP contribution in [-0.4, -0.2) is 25.0 Å². The maximum absolute atomic E-state index is 12.0. The Balaban J connectivity index is 2.04. The molecule has 2 rings (SSSR count). The summed E-state index contributed by atoms with van der Waals surface area (Å²) in [6, 6.07) is 7.90. The van der Waals surface area contributed by atoms with Gasteiger partial charge in [0.05, 0.1) is 5.92 Å². The van der Waals surface area contributed by atoms with Gasteiger partial charge in [0.2, 0.25) is 5.91 Å². The number of anilines is 2. The molecule has 1 aromatic rings. The van der Waals surface area contributed by atoms with Crippen molar-refractivity contribution >= 4 is 17.3 Å². The fourth-order valence-corrected chi connectivity index (χ4v) is 2.25. The van der Waals surface area contributed by atoms with E-state index in [1.807, 2.05) is 32.0 Å². The van der Waals surface area contributed by atoms with Gasteiger partial charge in [0.15, 0.2) is 0 Å². The zero-order valence-corrected chi connectivity index (χ0v) is 11.7. The van der Waals surface area contributed by atoms with Crippen molar-refractivity contribution in [2.24, 2.45) is 11.7 Å². The molecule has 0 spiro atoms. The first-order valence-corrected chi connectivity index (χ1v) is 6.99. The van der Waals surface area contributed by atoms with Crippen LogP contribution in [0, 0.1) is 5.92 Å². The first-order valence-electron chi connectivity index (χ1n) is 6.99. The standard InChI is InChI=1S/C15H23N3O/c1-11(12(2)16)15(19)17-13-6-5-7-14(10-13)18-8-3-4-9-18/h5-7,10-12H,3-4,8-9,16H2,1-2H3,(H,17,19). The summed E-state index contributed by atoms with van der Waals surface area (Å²) < 4.78 is 0. The quantitative estimate of drug-likeness (QED) is 0.873. The van der Waals surface area contributed by atoms with E-state index in [0.29, 0.717) is 0 Å². The van der Waals surface area contributed by atoms with Crippen molar-refractivity contribution in [3.05, 3.63) is 24.3 Å². The van der Waals surface area contributed by atoms with E-state index in [-0.39, 0.29) is 17.9 Å². The van der Waals surface area contributed by atoms with Crippen molar-refractivity contribution in [1.29, 1.82) is 0 Å². The van der Waals surface area contributed by atoms with E-state index >= 15 is 0 Å². The molecule has 0 bridgehead atoms. The number of carbonyl (C=O) groups excluding carboxylic acids is 1. The number of nitrogens with zero attached hydrogens (tertiary/aromatic N) is 1. The summed E-state index contributed by atoms with van der Waals surface area (Å²) in [6.45, 7) is 5.91. The Morgan fingerprint density at radius 2 is 2.00 bits per heavy atom. The molecule has 0 aliphatic carbocycles. The van der Waals surface area contributed by atoms with Gasteiger partial charge in [0, 0.05) is 30.5 Å². The van der Waals surface area contributed by atoms with Crippen molar-refractivity contribution in [2.45, 2.75) is 32.7 Å². The lowest BCUT2D eigenvalue weighted by atomic mass is 10.0. The monoisotopic (exact) mass is 261 g/mol. The number of benzene rings is 1. The molecule has 2 atom stereocenters.